The second kappa shape index (κ2) is 5.95. The fourth-order valence-corrected chi connectivity index (χ4v) is 2.11. The Morgan fingerprint density at radius 1 is 1.19 bits per heavy atom. The minimum absolute atomic E-state index is 0.0413. The number of nitrogens with one attached hydrogen (secondary N) is 1. The van der Waals surface area contributed by atoms with Crippen molar-refractivity contribution >= 4 is 17.3 Å². The van der Waals surface area contributed by atoms with Crippen LogP contribution < -0.4 is 11.1 Å². The van der Waals surface area contributed by atoms with Gasteiger partial charge in [-0.05, 0) is 48.2 Å². The average molecular weight is 286 g/mol. The average Bonchev–Trinajstić information content (AvgIpc) is 2.43. The topological polar surface area (TPSA) is 55.1 Å². The van der Waals surface area contributed by atoms with Crippen LogP contribution in [-0.4, -0.2) is 5.91 Å². The molecule has 4 heteroatoms. The molecule has 0 spiro atoms. The van der Waals surface area contributed by atoms with Gasteiger partial charge in [0.15, 0.2) is 0 Å². The number of benzene rings is 2. The van der Waals surface area contributed by atoms with E-state index in [4.69, 9.17) is 5.73 Å². The molecule has 0 bridgehead atoms. The van der Waals surface area contributed by atoms with E-state index in [1.807, 2.05) is 24.3 Å². The van der Waals surface area contributed by atoms with Gasteiger partial charge in [0.05, 0.1) is 5.56 Å². The van der Waals surface area contributed by atoms with E-state index in [0.29, 0.717) is 22.9 Å². The number of amides is 1. The van der Waals surface area contributed by atoms with E-state index in [1.54, 1.807) is 6.92 Å². The Morgan fingerprint density at radius 2 is 1.81 bits per heavy atom. The first-order valence-corrected chi connectivity index (χ1v) is 6.85. The van der Waals surface area contributed by atoms with Gasteiger partial charge in [0, 0.05) is 11.4 Å². The second-order valence-corrected chi connectivity index (χ2v) is 5.43. The lowest BCUT2D eigenvalue weighted by molar-refractivity contribution is 0.102. The first kappa shape index (κ1) is 15.0. The number of aryl methyl sites for hydroxylation is 1. The van der Waals surface area contributed by atoms with E-state index < -0.39 is 11.7 Å². The lowest BCUT2D eigenvalue weighted by Crippen LogP contribution is -2.15. The summed E-state index contributed by atoms with van der Waals surface area (Å²) >= 11 is 0. The highest BCUT2D eigenvalue weighted by molar-refractivity contribution is 6.05. The molecule has 21 heavy (non-hydrogen) atoms. The number of nitrogen functional groups attached to an aromatic ring is 1. The van der Waals surface area contributed by atoms with E-state index >= 15 is 0 Å². The van der Waals surface area contributed by atoms with Gasteiger partial charge in [-0.1, -0.05) is 26.0 Å². The minimum Gasteiger partial charge on any atom is -0.399 e. The van der Waals surface area contributed by atoms with Crippen molar-refractivity contribution in [2.24, 2.45) is 0 Å². The molecule has 0 atom stereocenters. The Labute approximate surface area is 124 Å². The van der Waals surface area contributed by atoms with Crippen LogP contribution in [0.25, 0.3) is 0 Å². The summed E-state index contributed by atoms with van der Waals surface area (Å²) < 4.78 is 14.0. The quantitative estimate of drug-likeness (QED) is 0.835. The molecule has 1 amide bonds. The molecule has 3 N–H and O–H groups in total. The van der Waals surface area contributed by atoms with Crippen molar-refractivity contribution in [2.45, 2.75) is 26.7 Å². The smallest absolute Gasteiger partial charge is 0.258 e. The summed E-state index contributed by atoms with van der Waals surface area (Å²) in [6.07, 6.45) is 0. The van der Waals surface area contributed by atoms with Crippen LogP contribution >= 0.6 is 0 Å². The van der Waals surface area contributed by atoms with E-state index in [1.165, 1.54) is 17.7 Å². The zero-order valence-electron chi connectivity index (χ0n) is 12.4. The van der Waals surface area contributed by atoms with Gasteiger partial charge >= 0.3 is 0 Å². The number of nitrogens with two attached hydrogens (primary N) is 1. The first-order chi connectivity index (χ1) is 9.88. The number of carbonyl (C=O) groups is 1. The molecule has 0 saturated heterocycles. The van der Waals surface area contributed by atoms with Crippen LogP contribution in [0.15, 0.2) is 36.4 Å². The molecule has 0 radical (unpaired) electrons. The Hall–Kier alpha value is -2.36. The molecule has 110 valence electrons. The van der Waals surface area contributed by atoms with Crippen molar-refractivity contribution in [3.8, 4) is 0 Å². The maximum absolute atomic E-state index is 14.0. The number of anilines is 2. The molecule has 0 aromatic heterocycles. The van der Waals surface area contributed by atoms with E-state index in [9.17, 15) is 9.18 Å². The number of rotatable bonds is 3. The number of hydrogen-bond donors (Lipinski definition) is 2. The summed E-state index contributed by atoms with van der Waals surface area (Å²) in [4.78, 5) is 12.2. The largest absolute Gasteiger partial charge is 0.399 e. The monoisotopic (exact) mass is 286 g/mol. The number of halogens is 1. The second-order valence-electron chi connectivity index (χ2n) is 5.43. The van der Waals surface area contributed by atoms with Gasteiger partial charge in [-0.15, -0.1) is 0 Å². The third-order valence-electron chi connectivity index (χ3n) is 3.36. The molecular weight excluding hydrogens is 267 g/mol. The molecule has 2 aromatic rings. The Morgan fingerprint density at radius 3 is 2.38 bits per heavy atom. The van der Waals surface area contributed by atoms with Gasteiger partial charge in [-0.25, -0.2) is 4.39 Å². The van der Waals surface area contributed by atoms with Gasteiger partial charge in [0.1, 0.15) is 5.82 Å². The van der Waals surface area contributed by atoms with Gasteiger partial charge in [-0.3, -0.25) is 4.79 Å². The zero-order valence-corrected chi connectivity index (χ0v) is 12.4. The predicted octanol–water partition coefficient (Wildman–Crippen LogP) is 4.09. The highest BCUT2D eigenvalue weighted by Crippen LogP contribution is 2.20. The van der Waals surface area contributed by atoms with Crippen LogP contribution in [-0.2, 0) is 0 Å². The van der Waals surface area contributed by atoms with Gasteiger partial charge in [0.25, 0.3) is 5.91 Å². The Balaban J connectivity index is 2.22. The summed E-state index contributed by atoms with van der Waals surface area (Å²) in [5, 5.41) is 2.69. The molecule has 0 saturated carbocycles. The first-order valence-electron chi connectivity index (χ1n) is 6.85. The molecule has 0 aliphatic heterocycles. The van der Waals surface area contributed by atoms with E-state index in [-0.39, 0.29) is 5.56 Å². The van der Waals surface area contributed by atoms with Crippen LogP contribution in [0.2, 0.25) is 0 Å². The molecule has 0 aliphatic rings. The molecule has 3 nitrogen and oxygen atoms in total. The van der Waals surface area contributed by atoms with Crippen LogP contribution in [0, 0.1) is 12.7 Å². The number of carbonyl (C=O) groups excluding carboxylic acids is 1. The standard InChI is InChI=1S/C17H19FN2O/c1-10(2)12-4-6-14(7-5-12)20-17(21)15-9-13(19)8-11(3)16(15)18/h4-10H,19H2,1-3H3,(H,20,21). The maximum Gasteiger partial charge on any atom is 0.258 e. The third-order valence-corrected chi connectivity index (χ3v) is 3.36. The lowest BCUT2D eigenvalue weighted by atomic mass is 10.0. The zero-order chi connectivity index (χ0) is 15.6. The highest BCUT2D eigenvalue weighted by Gasteiger charge is 2.15. The minimum atomic E-state index is -0.541. The summed E-state index contributed by atoms with van der Waals surface area (Å²) in [7, 11) is 0. The summed E-state index contributed by atoms with van der Waals surface area (Å²) in [6.45, 7) is 5.77. The van der Waals surface area contributed by atoms with Crippen molar-refractivity contribution in [3.05, 3.63) is 58.9 Å². The van der Waals surface area contributed by atoms with Crippen molar-refractivity contribution in [1.29, 1.82) is 0 Å². The van der Waals surface area contributed by atoms with Crippen LogP contribution in [0.1, 0.15) is 41.3 Å². The summed E-state index contributed by atoms with van der Waals surface area (Å²) in [5.41, 5.74) is 8.16. The van der Waals surface area contributed by atoms with Crippen molar-refractivity contribution in [1.82, 2.24) is 0 Å². The lowest BCUT2D eigenvalue weighted by Gasteiger charge is -2.10. The molecule has 0 unspecified atom stereocenters. The van der Waals surface area contributed by atoms with E-state index in [2.05, 4.69) is 19.2 Å². The van der Waals surface area contributed by atoms with Crippen molar-refractivity contribution in [2.75, 3.05) is 11.1 Å². The fourth-order valence-electron chi connectivity index (χ4n) is 2.11. The molecule has 0 heterocycles. The summed E-state index contributed by atoms with van der Waals surface area (Å²) in [6, 6.07) is 10.4. The van der Waals surface area contributed by atoms with Crippen LogP contribution in [0.5, 0.6) is 0 Å². The van der Waals surface area contributed by atoms with Gasteiger partial charge < -0.3 is 11.1 Å². The highest BCUT2D eigenvalue weighted by atomic mass is 19.1. The molecule has 2 rings (SSSR count). The fraction of sp³-hybridized carbons (Fsp3) is 0.235. The number of hydrogen-bond acceptors (Lipinski definition) is 2. The van der Waals surface area contributed by atoms with Crippen LogP contribution in [0.3, 0.4) is 0 Å². The van der Waals surface area contributed by atoms with Crippen molar-refractivity contribution in [3.63, 3.8) is 0 Å². The SMILES string of the molecule is Cc1cc(N)cc(C(=O)Nc2ccc(C(C)C)cc2)c1F. The van der Waals surface area contributed by atoms with Gasteiger partial charge in [-0.2, -0.15) is 0 Å². The van der Waals surface area contributed by atoms with Crippen LogP contribution in [0.4, 0.5) is 15.8 Å². The Bertz CT molecular complexity index is 663. The Kier molecular flexibility index (Phi) is 4.26. The summed E-state index contributed by atoms with van der Waals surface area (Å²) in [5.74, 6) is -0.621. The molecular formula is C17H19FN2O. The maximum atomic E-state index is 14.0. The van der Waals surface area contributed by atoms with E-state index in [0.717, 1.165) is 0 Å². The molecule has 0 fully saturated rings. The predicted molar refractivity (Wildman–Crippen MR) is 84.0 cm³/mol. The van der Waals surface area contributed by atoms with Crippen molar-refractivity contribution < 1.29 is 9.18 Å². The third kappa shape index (κ3) is 3.40. The van der Waals surface area contributed by atoms with Gasteiger partial charge in [0.2, 0.25) is 0 Å². The normalized spacial score (nSPS) is 10.7. The molecule has 2 aromatic carbocycles. The molecule has 0 aliphatic carbocycles.